The van der Waals surface area contributed by atoms with E-state index in [1.807, 2.05) is 44.2 Å². The van der Waals surface area contributed by atoms with Gasteiger partial charge in [0.15, 0.2) is 5.82 Å². The second-order valence-electron chi connectivity index (χ2n) is 9.90. The molecule has 5 nitrogen and oxygen atoms in total. The van der Waals surface area contributed by atoms with Crippen LogP contribution in [0.3, 0.4) is 0 Å². The Morgan fingerprint density at radius 1 is 1.15 bits per heavy atom. The normalized spacial score (nSPS) is 14.9. The van der Waals surface area contributed by atoms with Gasteiger partial charge in [0, 0.05) is 38.9 Å². The summed E-state index contributed by atoms with van der Waals surface area (Å²) >= 11 is 0. The van der Waals surface area contributed by atoms with Crippen LogP contribution in [0.15, 0.2) is 72.1 Å². The van der Waals surface area contributed by atoms with E-state index >= 15 is 0 Å². The van der Waals surface area contributed by atoms with Crippen LogP contribution < -0.4 is 11.1 Å². The molecule has 0 unspecified atom stereocenters. The number of aryl methyl sites for hydroxylation is 1. The number of hydrogen-bond acceptors (Lipinski definition) is 5. The van der Waals surface area contributed by atoms with Gasteiger partial charge < -0.3 is 20.7 Å². The molecular formula is C33H47FN4O. The number of pyridine rings is 1. The van der Waals surface area contributed by atoms with Gasteiger partial charge in [0.1, 0.15) is 11.4 Å². The van der Waals surface area contributed by atoms with Gasteiger partial charge in [-0.05, 0) is 69.7 Å². The van der Waals surface area contributed by atoms with E-state index in [1.165, 1.54) is 37.3 Å². The van der Waals surface area contributed by atoms with Crippen molar-refractivity contribution in [1.82, 2.24) is 15.2 Å². The van der Waals surface area contributed by atoms with E-state index in [2.05, 4.69) is 47.5 Å². The van der Waals surface area contributed by atoms with Crippen LogP contribution in [0, 0.1) is 12.7 Å². The minimum Gasteiger partial charge on any atom is -0.397 e. The third-order valence-corrected chi connectivity index (χ3v) is 6.15. The fraction of sp³-hybridized carbons (Fsp3) is 0.424. The molecule has 1 saturated carbocycles. The summed E-state index contributed by atoms with van der Waals surface area (Å²) in [4.78, 5) is 7.15. The maximum Gasteiger partial charge on any atom is 0.151 e. The van der Waals surface area contributed by atoms with Gasteiger partial charge in [0.05, 0.1) is 22.8 Å². The van der Waals surface area contributed by atoms with Crippen molar-refractivity contribution in [3.63, 3.8) is 0 Å². The number of halogens is 1. The summed E-state index contributed by atoms with van der Waals surface area (Å²) < 4.78 is 19.2. The molecule has 0 atom stereocenters. The van der Waals surface area contributed by atoms with E-state index in [0.717, 1.165) is 54.1 Å². The predicted molar refractivity (Wildman–Crippen MR) is 164 cm³/mol. The number of methoxy groups -OCH3 is 1. The topological polar surface area (TPSA) is 63.4 Å². The van der Waals surface area contributed by atoms with Crippen LogP contribution in [0.4, 0.5) is 10.1 Å². The average molecular weight is 535 g/mol. The van der Waals surface area contributed by atoms with Gasteiger partial charge in [-0.15, -0.1) is 0 Å². The number of hydrogen-bond donors (Lipinski definition) is 2. The summed E-state index contributed by atoms with van der Waals surface area (Å²) in [5, 5.41) is 3.60. The molecule has 2 aliphatic rings. The first-order valence-corrected chi connectivity index (χ1v) is 14.0. The van der Waals surface area contributed by atoms with E-state index in [9.17, 15) is 4.39 Å². The zero-order valence-electron chi connectivity index (χ0n) is 24.7. The summed E-state index contributed by atoms with van der Waals surface area (Å²) in [6.45, 7) is 14.4. The van der Waals surface area contributed by atoms with E-state index in [0.29, 0.717) is 17.1 Å². The largest absolute Gasteiger partial charge is 0.397 e. The van der Waals surface area contributed by atoms with Crippen molar-refractivity contribution in [2.45, 2.75) is 66.2 Å². The molecule has 1 aliphatic heterocycles. The number of nitrogens with two attached hydrogens (primary N) is 1. The lowest BCUT2D eigenvalue weighted by Gasteiger charge is -2.31. The maximum absolute atomic E-state index is 14.9. The van der Waals surface area contributed by atoms with Crippen LogP contribution in [0.1, 0.15) is 70.6 Å². The molecule has 212 valence electrons. The third kappa shape index (κ3) is 9.39. The molecular weight excluding hydrogens is 487 g/mol. The molecule has 39 heavy (non-hydrogen) atoms. The number of allylic oxidation sites excluding steroid dienone is 4. The lowest BCUT2D eigenvalue weighted by Crippen LogP contribution is -2.31. The van der Waals surface area contributed by atoms with Gasteiger partial charge in [-0.2, -0.15) is 0 Å². The maximum atomic E-state index is 14.9. The van der Waals surface area contributed by atoms with E-state index in [1.54, 1.807) is 14.2 Å². The van der Waals surface area contributed by atoms with Gasteiger partial charge in [-0.25, -0.2) is 9.37 Å². The molecule has 0 spiro atoms. The highest BCUT2D eigenvalue weighted by Gasteiger charge is 2.25. The highest BCUT2D eigenvalue weighted by atomic mass is 19.1. The molecule has 1 saturated heterocycles. The number of nitrogen functional groups attached to an aromatic ring is 1. The number of anilines is 1. The van der Waals surface area contributed by atoms with Crippen LogP contribution in [0.25, 0.3) is 17.0 Å². The highest BCUT2D eigenvalue weighted by molar-refractivity contribution is 5.79. The third-order valence-electron chi connectivity index (χ3n) is 6.15. The van der Waals surface area contributed by atoms with Crippen LogP contribution in [-0.4, -0.2) is 37.2 Å². The lowest BCUT2D eigenvalue weighted by atomic mass is 10.1. The van der Waals surface area contributed by atoms with Crippen LogP contribution >= 0.6 is 0 Å². The summed E-state index contributed by atoms with van der Waals surface area (Å²) in [6.07, 6.45) is 12.9. The molecule has 1 aliphatic carbocycles. The first-order chi connectivity index (χ1) is 18.8. The second-order valence-corrected chi connectivity index (χ2v) is 9.90. The first kappa shape index (κ1) is 31.8. The number of rotatable bonds is 7. The Balaban J connectivity index is 0.000000815. The fourth-order valence-electron chi connectivity index (χ4n) is 4.34. The van der Waals surface area contributed by atoms with Crippen LogP contribution in [0.2, 0.25) is 0 Å². The van der Waals surface area contributed by atoms with E-state index < -0.39 is 5.82 Å². The SMILES string of the molecule is C=C/C(NC(=C1CC1)c1nc(-c2cccc(C)c2)c(F)cc1N)=C(\C=C/C)N1CCCCC1.CCC.COC. The molecule has 0 bridgehead atoms. The molecule has 6 heteroatoms. The number of aromatic nitrogens is 1. The minimum atomic E-state index is -0.413. The quantitative estimate of drug-likeness (QED) is 0.352. The summed E-state index contributed by atoms with van der Waals surface area (Å²) in [7, 11) is 3.25. The molecule has 0 amide bonds. The molecule has 1 aromatic carbocycles. The molecule has 1 aromatic heterocycles. The Kier molecular flexibility index (Phi) is 13.5. The van der Waals surface area contributed by atoms with Crippen molar-refractivity contribution in [2.24, 2.45) is 0 Å². The summed E-state index contributed by atoms with van der Waals surface area (Å²) in [6, 6.07) is 9.12. The van der Waals surface area contributed by atoms with Crippen molar-refractivity contribution >= 4 is 11.4 Å². The van der Waals surface area contributed by atoms with Gasteiger partial charge in [0.25, 0.3) is 0 Å². The number of piperidine rings is 1. The smallest absolute Gasteiger partial charge is 0.151 e. The number of nitrogens with one attached hydrogen (secondary N) is 1. The van der Waals surface area contributed by atoms with Crippen molar-refractivity contribution in [1.29, 1.82) is 0 Å². The lowest BCUT2D eigenvalue weighted by molar-refractivity contribution is 0.277. The van der Waals surface area contributed by atoms with E-state index in [4.69, 9.17) is 10.7 Å². The molecule has 4 rings (SSSR count). The van der Waals surface area contributed by atoms with E-state index in [-0.39, 0.29) is 0 Å². The van der Waals surface area contributed by atoms with Gasteiger partial charge in [0.2, 0.25) is 0 Å². The number of benzene rings is 1. The Labute approximate surface area is 235 Å². The highest BCUT2D eigenvalue weighted by Crippen LogP contribution is 2.38. The molecule has 2 heterocycles. The Morgan fingerprint density at radius 3 is 2.33 bits per heavy atom. The fourth-order valence-corrected chi connectivity index (χ4v) is 4.34. The minimum absolute atomic E-state index is 0.317. The Bertz CT molecular complexity index is 1170. The first-order valence-electron chi connectivity index (χ1n) is 14.0. The van der Waals surface area contributed by atoms with Crippen molar-refractivity contribution < 1.29 is 9.13 Å². The summed E-state index contributed by atoms with van der Waals surface area (Å²) in [5.41, 5.74) is 13.5. The predicted octanol–water partition coefficient (Wildman–Crippen LogP) is 8.01. The van der Waals surface area contributed by atoms with Gasteiger partial charge in [-0.1, -0.05) is 56.7 Å². The second kappa shape index (κ2) is 16.6. The Hall–Kier alpha value is -3.38. The average Bonchev–Trinajstić information content (AvgIpc) is 3.76. The number of nitrogens with zero attached hydrogens (tertiary/aromatic N) is 2. The zero-order valence-corrected chi connectivity index (χ0v) is 24.7. The molecule has 2 aromatic rings. The molecule has 2 fully saturated rings. The number of ether oxygens (including phenoxy) is 1. The standard InChI is InChI=1S/C28H33FN4.C3H8.C2H6O/c1-4-10-25(33-15-7-6-8-16-33)24(5-2)31-27(20-13-14-20)28-23(30)18-22(29)26(32-28)21-12-9-11-19(3)17-21;2*1-3-2/h4-5,9-12,17-18,31H,2,6-8,13-16,30H2,1,3H3;3H2,1-2H3;1-2H3/b10-4-,25-24-;;. The van der Waals surface area contributed by atoms with Crippen molar-refractivity contribution in [3.05, 3.63) is 89.2 Å². The number of likely N-dealkylation sites (tertiary alicyclic amines) is 1. The molecule has 3 N–H and O–H groups in total. The van der Waals surface area contributed by atoms with Gasteiger partial charge in [-0.3, -0.25) is 0 Å². The zero-order chi connectivity index (χ0) is 28.8. The van der Waals surface area contributed by atoms with Crippen LogP contribution in [0.5, 0.6) is 0 Å². The van der Waals surface area contributed by atoms with Crippen LogP contribution in [-0.2, 0) is 4.74 Å². The van der Waals surface area contributed by atoms with Crippen molar-refractivity contribution in [2.75, 3.05) is 33.0 Å². The van der Waals surface area contributed by atoms with Crippen molar-refractivity contribution in [3.8, 4) is 11.3 Å². The Morgan fingerprint density at radius 2 is 1.79 bits per heavy atom. The molecule has 0 radical (unpaired) electrons. The summed E-state index contributed by atoms with van der Waals surface area (Å²) in [5.74, 6) is -0.413. The van der Waals surface area contributed by atoms with Gasteiger partial charge >= 0.3 is 0 Å². The monoisotopic (exact) mass is 534 g/mol.